The minimum atomic E-state index is -3.48. The van der Waals surface area contributed by atoms with Crippen LogP contribution in [0.2, 0.25) is 0 Å². The highest BCUT2D eigenvalue weighted by atomic mass is 32.2. The molecular weight excluding hydrogens is 166 g/mol. The molecule has 1 aromatic heterocycles. The third-order valence-electron chi connectivity index (χ3n) is 0.966. The molecular formula is C5H7N3O2S. The van der Waals surface area contributed by atoms with Crippen LogP contribution in [0, 0.1) is 0 Å². The molecule has 0 aromatic carbocycles. The molecule has 0 unspecified atom stereocenters. The summed E-state index contributed by atoms with van der Waals surface area (Å²) in [5, 5.41) is 4.77. The maximum Gasteiger partial charge on any atom is 0.214 e. The molecule has 5 nitrogen and oxygen atoms in total. The van der Waals surface area contributed by atoms with Crippen molar-refractivity contribution in [3.8, 4) is 0 Å². The molecule has 0 saturated heterocycles. The molecule has 0 aliphatic heterocycles. The van der Waals surface area contributed by atoms with Crippen LogP contribution in [0.4, 0.5) is 0 Å². The maximum atomic E-state index is 10.5. The van der Waals surface area contributed by atoms with Gasteiger partial charge in [0.1, 0.15) is 5.75 Å². The van der Waals surface area contributed by atoms with Crippen molar-refractivity contribution in [2.75, 3.05) is 0 Å². The predicted molar refractivity (Wildman–Crippen MR) is 38.8 cm³/mol. The van der Waals surface area contributed by atoms with Crippen LogP contribution < -0.4 is 5.14 Å². The molecule has 1 rings (SSSR count). The summed E-state index contributed by atoms with van der Waals surface area (Å²) in [6.45, 7) is 0. The molecule has 1 heterocycles. The number of nitrogens with zero attached hydrogens (tertiary/aromatic N) is 2. The number of aromatic nitrogens is 2. The molecule has 2 N–H and O–H groups in total. The molecule has 0 amide bonds. The largest absolute Gasteiger partial charge is 0.261 e. The van der Waals surface area contributed by atoms with Gasteiger partial charge in [-0.15, -0.1) is 0 Å². The van der Waals surface area contributed by atoms with Gasteiger partial charge in [0.2, 0.25) is 10.0 Å². The quantitative estimate of drug-likeness (QED) is 0.638. The second-order valence-corrected chi connectivity index (χ2v) is 3.62. The van der Waals surface area contributed by atoms with Gasteiger partial charge in [0.15, 0.2) is 0 Å². The van der Waals surface area contributed by atoms with E-state index in [4.69, 9.17) is 5.14 Å². The fourth-order valence-electron chi connectivity index (χ4n) is 0.611. The lowest BCUT2D eigenvalue weighted by molar-refractivity contribution is 0.596. The van der Waals surface area contributed by atoms with Gasteiger partial charge in [0.05, 0.1) is 5.69 Å². The Labute approximate surface area is 64.3 Å². The molecule has 0 radical (unpaired) electrons. The van der Waals surface area contributed by atoms with Crippen LogP contribution in [0.15, 0.2) is 18.6 Å². The van der Waals surface area contributed by atoms with Gasteiger partial charge in [-0.3, -0.25) is 9.97 Å². The standard InChI is InChI=1S/C5H7N3O2S/c6-11(9,10)4-5-3-7-1-2-8-5/h1-3H,4H2,(H2,6,9,10). The summed E-state index contributed by atoms with van der Waals surface area (Å²) in [6, 6.07) is 0. The van der Waals surface area contributed by atoms with Crippen molar-refractivity contribution in [3.05, 3.63) is 24.3 Å². The van der Waals surface area contributed by atoms with Gasteiger partial charge in [-0.2, -0.15) is 0 Å². The van der Waals surface area contributed by atoms with Crippen molar-refractivity contribution >= 4 is 10.0 Å². The van der Waals surface area contributed by atoms with E-state index < -0.39 is 10.0 Å². The summed E-state index contributed by atoms with van der Waals surface area (Å²) in [5.41, 5.74) is 0.356. The normalized spacial score (nSPS) is 11.4. The molecule has 0 aliphatic carbocycles. The zero-order valence-corrected chi connectivity index (χ0v) is 6.45. The van der Waals surface area contributed by atoms with Crippen LogP contribution in [0.25, 0.3) is 0 Å². The van der Waals surface area contributed by atoms with Crippen molar-refractivity contribution in [2.24, 2.45) is 5.14 Å². The second-order valence-electron chi connectivity index (χ2n) is 2.00. The van der Waals surface area contributed by atoms with Gasteiger partial charge in [0.25, 0.3) is 0 Å². The summed E-state index contributed by atoms with van der Waals surface area (Å²) in [6.07, 6.45) is 4.25. The average Bonchev–Trinajstić information content (AvgIpc) is 1.85. The molecule has 0 spiro atoms. The number of hydrogen-bond acceptors (Lipinski definition) is 4. The number of sulfonamides is 1. The highest BCUT2D eigenvalue weighted by Gasteiger charge is 2.04. The minimum Gasteiger partial charge on any atom is -0.261 e. The van der Waals surface area contributed by atoms with Gasteiger partial charge in [0, 0.05) is 18.6 Å². The third kappa shape index (κ3) is 3.06. The van der Waals surface area contributed by atoms with E-state index in [2.05, 4.69) is 9.97 Å². The monoisotopic (exact) mass is 173 g/mol. The smallest absolute Gasteiger partial charge is 0.214 e. The van der Waals surface area contributed by atoms with Gasteiger partial charge in [-0.25, -0.2) is 13.6 Å². The number of rotatable bonds is 2. The van der Waals surface area contributed by atoms with Crippen molar-refractivity contribution in [2.45, 2.75) is 5.75 Å². The van der Waals surface area contributed by atoms with E-state index in [1.807, 2.05) is 0 Å². The fourth-order valence-corrected chi connectivity index (χ4v) is 1.17. The van der Waals surface area contributed by atoms with Crippen LogP contribution in [0.1, 0.15) is 5.69 Å². The SMILES string of the molecule is NS(=O)(=O)Cc1cnccn1. The lowest BCUT2D eigenvalue weighted by Crippen LogP contribution is -2.15. The first-order valence-corrected chi connectivity index (χ1v) is 4.55. The van der Waals surface area contributed by atoms with Crippen LogP contribution >= 0.6 is 0 Å². The topological polar surface area (TPSA) is 85.9 Å². The maximum absolute atomic E-state index is 10.5. The van der Waals surface area contributed by atoms with Crippen LogP contribution in [-0.4, -0.2) is 18.4 Å². The van der Waals surface area contributed by atoms with Gasteiger partial charge in [-0.05, 0) is 0 Å². The second kappa shape index (κ2) is 2.93. The Morgan fingerprint density at radius 3 is 2.64 bits per heavy atom. The summed E-state index contributed by atoms with van der Waals surface area (Å²) >= 11 is 0. The van der Waals surface area contributed by atoms with Gasteiger partial charge in [-0.1, -0.05) is 0 Å². The fraction of sp³-hybridized carbons (Fsp3) is 0.200. The van der Waals surface area contributed by atoms with E-state index in [0.29, 0.717) is 5.69 Å². The molecule has 6 heteroatoms. The summed E-state index contributed by atoms with van der Waals surface area (Å²) < 4.78 is 21.0. The molecule has 0 aliphatic rings. The van der Waals surface area contributed by atoms with E-state index in [-0.39, 0.29) is 5.75 Å². The summed E-state index contributed by atoms with van der Waals surface area (Å²) in [5.74, 6) is -0.263. The summed E-state index contributed by atoms with van der Waals surface area (Å²) in [4.78, 5) is 7.43. The molecule has 0 saturated carbocycles. The van der Waals surface area contributed by atoms with Crippen molar-refractivity contribution in [1.82, 2.24) is 9.97 Å². The Morgan fingerprint density at radius 2 is 2.18 bits per heavy atom. The molecule has 0 bridgehead atoms. The van der Waals surface area contributed by atoms with Crippen molar-refractivity contribution in [1.29, 1.82) is 0 Å². The lowest BCUT2D eigenvalue weighted by Gasteiger charge is -1.94. The highest BCUT2D eigenvalue weighted by Crippen LogP contribution is 1.94. The van der Waals surface area contributed by atoms with E-state index in [1.54, 1.807) is 0 Å². The Bertz CT molecular complexity index is 321. The van der Waals surface area contributed by atoms with E-state index >= 15 is 0 Å². The van der Waals surface area contributed by atoms with Crippen molar-refractivity contribution < 1.29 is 8.42 Å². The van der Waals surface area contributed by atoms with Crippen molar-refractivity contribution in [3.63, 3.8) is 0 Å². The van der Waals surface area contributed by atoms with E-state index in [0.717, 1.165) is 0 Å². The highest BCUT2D eigenvalue weighted by molar-refractivity contribution is 7.88. The van der Waals surface area contributed by atoms with Crippen LogP contribution in [0.3, 0.4) is 0 Å². The zero-order valence-electron chi connectivity index (χ0n) is 5.64. The molecule has 60 valence electrons. The molecule has 0 atom stereocenters. The first-order valence-electron chi connectivity index (χ1n) is 2.83. The summed E-state index contributed by atoms with van der Waals surface area (Å²) in [7, 11) is -3.48. The third-order valence-corrected chi connectivity index (χ3v) is 1.66. The first-order chi connectivity index (χ1) is 5.08. The number of primary sulfonamides is 1. The predicted octanol–water partition coefficient (Wildman–Crippen LogP) is -0.735. The van der Waals surface area contributed by atoms with E-state index in [1.165, 1.54) is 18.6 Å². The Morgan fingerprint density at radius 1 is 1.45 bits per heavy atom. The van der Waals surface area contributed by atoms with Crippen LogP contribution in [-0.2, 0) is 15.8 Å². The minimum absolute atomic E-state index is 0.263. The lowest BCUT2D eigenvalue weighted by atomic mass is 10.5. The van der Waals surface area contributed by atoms with Crippen LogP contribution in [0.5, 0.6) is 0 Å². The van der Waals surface area contributed by atoms with Gasteiger partial charge < -0.3 is 0 Å². The Hall–Kier alpha value is -1.01. The molecule has 1 aromatic rings. The molecule has 11 heavy (non-hydrogen) atoms. The average molecular weight is 173 g/mol. The van der Waals surface area contributed by atoms with E-state index in [9.17, 15) is 8.42 Å². The zero-order chi connectivity index (χ0) is 8.32. The Balaban J connectivity index is 2.82. The number of nitrogens with two attached hydrogens (primary N) is 1. The van der Waals surface area contributed by atoms with Gasteiger partial charge >= 0.3 is 0 Å². The first kappa shape index (κ1) is 8.09. The Kier molecular flexibility index (Phi) is 2.16. The number of hydrogen-bond donors (Lipinski definition) is 1. The molecule has 0 fully saturated rings.